The maximum Gasteiger partial charge on any atom is 0.344 e. The van der Waals surface area contributed by atoms with Crippen LogP contribution in [0.2, 0.25) is 0 Å². The molecule has 118 valence electrons. The predicted octanol–water partition coefficient (Wildman–Crippen LogP) is 1.71. The summed E-state index contributed by atoms with van der Waals surface area (Å²) in [4.78, 5) is 11.3. The summed E-state index contributed by atoms with van der Waals surface area (Å²) in [6, 6.07) is 5.84. The van der Waals surface area contributed by atoms with Gasteiger partial charge in [0.1, 0.15) is 5.75 Å². The zero-order chi connectivity index (χ0) is 16.1. The molecule has 6 nitrogen and oxygen atoms in total. The van der Waals surface area contributed by atoms with Gasteiger partial charge in [-0.25, -0.2) is 17.9 Å². The van der Waals surface area contributed by atoms with Crippen molar-refractivity contribution in [3.63, 3.8) is 0 Å². The van der Waals surface area contributed by atoms with Crippen LogP contribution in [0.3, 0.4) is 0 Å². The van der Waals surface area contributed by atoms with Crippen molar-refractivity contribution in [3.05, 3.63) is 24.3 Å². The van der Waals surface area contributed by atoms with Crippen molar-refractivity contribution in [1.29, 1.82) is 0 Å². The van der Waals surface area contributed by atoms with Gasteiger partial charge in [0.25, 0.3) is 0 Å². The Kier molecular flexibility index (Phi) is 5.74. The van der Waals surface area contributed by atoms with E-state index in [1.54, 1.807) is 27.7 Å². The second kappa shape index (κ2) is 6.91. The van der Waals surface area contributed by atoms with Crippen molar-refractivity contribution >= 4 is 16.0 Å². The second-order valence-corrected chi connectivity index (χ2v) is 7.10. The smallest absolute Gasteiger partial charge is 0.344 e. The lowest BCUT2D eigenvalue weighted by Gasteiger charge is -2.20. The highest BCUT2D eigenvalue weighted by atomic mass is 32.2. The van der Waals surface area contributed by atoms with Gasteiger partial charge < -0.3 is 9.47 Å². The van der Waals surface area contributed by atoms with Gasteiger partial charge in [-0.05, 0) is 52.0 Å². The Morgan fingerprint density at radius 1 is 1.19 bits per heavy atom. The quantitative estimate of drug-likeness (QED) is 0.808. The molecule has 1 N–H and O–H groups in total. The summed E-state index contributed by atoms with van der Waals surface area (Å²) in [6.45, 7) is 7.09. The topological polar surface area (TPSA) is 81.7 Å². The maximum atomic E-state index is 12.1. The molecule has 0 aliphatic rings. The molecule has 1 rings (SSSR count). The Hall–Kier alpha value is -1.60. The average molecular weight is 315 g/mol. The first-order valence-electron chi connectivity index (χ1n) is 6.56. The molecule has 0 atom stereocenters. The van der Waals surface area contributed by atoms with Gasteiger partial charge in [-0.2, -0.15) is 0 Å². The number of hydrogen-bond acceptors (Lipinski definition) is 5. The van der Waals surface area contributed by atoms with Gasteiger partial charge >= 0.3 is 5.97 Å². The van der Waals surface area contributed by atoms with Crippen LogP contribution >= 0.6 is 0 Å². The summed E-state index contributed by atoms with van der Waals surface area (Å²) in [5.74, 6) is -0.0682. The van der Waals surface area contributed by atoms with Crippen LogP contribution in [-0.2, 0) is 19.6 Å². The lowest BCUT2D eigenvalue weighted by molar-refractivity contribution is -0.145. The largest absolute Gasteiger partial charge is 0.482 e. The van der Waals surface area contributed by atoms with Crippen molar-refractivity contribution in [2.24, 2.45) is 0 Å². The molecule has 0 aliphatic carbocycles. The van der Waals surface area contributed by atoms with E-state index in [1.807, 2.05) is 0 Å². The lowest BCUT2D eigenvalue weighted by atomic mass is 10.1. The van der Waals surface area contributed by atoms with E-state index >= 15 is 0 Å². The number of ether oxygens (including phenoxy) is 2. The number of benzene rings is 1. The van der Waals surface area contributed by atoms with Crippen LogP contribution in [0.15, 0.2) is 29.2 Å². The molecular weight excluding hydrogens is 294 g/mol. The number of sulfonamides is 1. The minimum absolute atomic E-state index is 0.140. The van der Waals surface area contributed by atoms with E-state index in [0.717, 1.165) is 0 Å². The maximum absolute atomic E-state index is 12.1. The van der Waals surface area contributed by atoms with E-state index in [2.05, 4.69) is 4.72 Å². The Bertz CT molecular complexity index is 572. The van der Waals surface area contributed by atoms with Crippen LogP contribution in [-0.4, -0.2) is 33.1 Å². The fourth-order valence-corrected chi connectivity index (χ4v) is 2.94. The van der Waals surface area contributed by atoms with Crippen LogP contribution in [0.5, 0.6) is 5.75 Å². The Labute approximate surface area is 125 Å². The summed E-state index contributed by atoms with van der Waals surface area (Å²) in [5.41, 5.74) is -0.558. The van der Waals surface area contributed by atoms with Crippen LogP contribution < -0.4 is 9.46 Å². The third-order valence-corrected chi connectivity index (χ3v) is 4.01. The van der Waals surface area contributed by atoms with Crippen molar-refractivity contribution in [2.75, 3.05) is 13.2 Å². The molecule has 0 saturated heterocycles. The number of nitrogens with one attached hydrogen (secondary N) is 1. The number of rotatable bonds is 6. The number of carbonyl (C=O) groups is 1. The summed E-state index contributed by atoms with van der Waals surface area (Å²) in [7, 11) is -3.57. The van der Waals surface area contributed by atoms with E-state index in [1.165, 1.54) is 24.3 Å². The van der Waals surface area contributed by atoms with Crippen LogP contribution in [0.4, 0.5) is 0 Å². The molecule has 0 radical (unpaired) electrons. The standard InChI is InChI=1S/C14H21NO5S/c1-5-19-13(16)10-20-11-6-8-12(9-7-11)21(17,18)15-14(2,3)4/h6-9,15H,5,10H2,1-4H3. The molecule has 0 aromatic heterocycles. The highest BCUT2D eigenvalue weighted by molar-refractivity contribution is 7.89. The Morgan fingerprint density at radius 2 is 1.76 bits per heavy atom. The van der Waals surface area contributed by atoms with Crippen molar-refractivity contribution in [1.82, 2.24) is 4.72 Å². The molecule has 1 aromatic rings. The van der Waals surface area contributed by atoms with Crippen LogP contribution in [0, 0.1) is 0 Å². The number of esters is 1. The van der Waals surface area contributed by atoms with Gasteiger partial charge in [0, 0.05) is 5.54 Å². The van der Waals surface area contributed by atoms with Crippen molar-refractivity contribution in [3.8, 4) is 5.75 Å². The highest BCUT2D eigenvalue weighted by Gasteiger charge is 2.21. The van der Waals surface area contributed by atoms with Crippen LogP contribution in [0.25, 0.3) is 0 Å². The Balaban J connectivity index is 2.72. The van der Waals surface area contributed by atoms with Gasteiger partial charge in [0.15, 0.2) is 6.61 Å². The van der Waals surface area contributed by atoms with Crippen molar-refractivity contribution in [2.45, 2.75) is 38.1 Å². The minimum Gasteiger partial charge on any atom is -0.482 e. The summed E-state index contributed by atoms with van der Waals surface area (Å²) < 4.78 is 36.6. The summed E-state index contributed by atoms with van der Waals surface area (Å²) >= 11 is 0. The monoisotopic (exact) mass is 315 g/mol. The van der Waals surface area contributed by atoms with E-state index in [-0.39, 0.29) is 18.1 Å². The minimum atomic E-state index is -3.57. The molecule has 21 heavy (non-hydrogen) atoms. The molecule has 0 amide bonds. The number of hydrogen-bond donors (Lipinski definition) is 1. The van der Waals surface area contributed by atoms with Gasteiger partial charge in [-0.1, -0.05) is 0 Å². The molecule has 0 spiro atoms. The first kappa shape index (κ1) is 17.5. The Morgan fingerprint density at radius 3 is 2.24 bits per heavy atom. The van der Waals surface area contributed by atoms with Crippen LogP contribution in [0.1, 0.15) is 27.7 Å². The average Bonchev–Trinajstić information content (AvgIpc) is 2.34. The lowest BCUT2D eigenvalue weighted by Crippen LogP contribution is -2.40. The second-order valence-electron chi connectivity index (χ2n) is 5.42. The third kappa shape index (κ3) is 6.14. The van der Waals surface area contributed by atoms with Crippen molar-refractivity contribution < 1.29 is 22.7 Å². The summed E-state index contributed by atoms with van der Waals surface area (Å²) in [5, 5.41) is 0. The van der Waals surface area contributed by atoms with Gasteiger partial charge in [0.05, 0.1) is 11.5 Å². The molecule has 7 heteroatoms. The first-order chi connectivity index (χ1) is 9.64. The molecule has 0 saturated carbocycles. The normalized spacial score (nSPS) is 12.0. The summed E-state index contributed by atoms with van der Waals surface area (Å²) in [6.07, 6.45) is 0. The number of carbonyl (C=O) groups excluding carboxylic acids is 1. The van der Waals surface area contributed by atoms with E-state index < -0.39 is 21.5 Å². The van der Waals surface area contributed by atoms with Gasteiger partial charge in [0.2, 0.25) is 10.0 Å². The molecule has 0 bridgehead atoms. The molecule has 0 fully saturated rings. The fraction of sp³-hybridized carbons (Fsp3) is 0.500. The zero-order valence-corrected chi connectivity index (χ0v) is 13.5. The van der Waals surface area contributed by atoms with E-state index in [0.29, 0.717) is 5.75 Å². The highest BCUT2D eigenvalue weighted by Crippen LogP contribution is 2.17. The molecule has 0 aliphatic heterocycles. The molecule has 0 unspecified atom stereocenters. The molecule has 0 heterocycles. The van der Waals surface area contributed by atoms with E-state index in [9.17, 15) is 13.2 Å². The third-order valence-electron chi connectivity index (χ3n) is 2.24. The fourth-order valence-electron chi connectivity index (χ4n) is 1.52. The zero-order valence-electron chi connectivity index (χ0n) is 12.7. The predicted molar refractivity (Wildman–Crippen MR) is 78.6 cm³/mol. The van der Waals surface area contributed by atoms with Gasteiger partial charge in [-0.15, -0.1) is 0 Å². The first-order valence-corrected chi connectivity index (χ1v) is 8.05. The van der Waals surface area contributed by atoms with Gasteiger partial charge in [-0.3, -0.25) is 0 Å². The van der Waals surface area contributed by atoms with E-state index in [4.69, 9.17) is 9.47 Å². The molecular formula is C14H21NO5S. The SMILES string of the molecule is CCOC(=O)COc1ccc(S(=O)(=O)NC(C)(C)C)cc1. The molecule has 1 aromatic carbocycles.